The van der Waals surface area contributed by atoms with E-state index in [2.05, 4.69) is 17.0 Å². The molecule has 1 atom stereocenters. The van der Waals surface area contributed by atoms with E-state index in [4.69, 9.17) is 26.8 Å². The number of rotatable bonds is 5. The Balaban J connectivity index is 1.54. The van der Waals surface area contributed by atoms with Gasteiger partial charge < -0.3 is 20.1 Å². The first-order chi connectivity index (χ1) is 15.3. The number of amides is 1. The predicted octanol–water partition coefficient (Wildman–Crippen LogP) is 2.46. The van der Waals surface area contributed by atoms with Crippen molar-refractivity contribution in [3.05, 3.63) is 64.7 Å². The molecule has 168 valence electrons. The Labute approximate surface area is 190 Å². The molecule has 1 amide bonds. The molecule has 0 bridgehead atoms. The lowest BCUT2D eigenvalue weighted by Crippen LogP contribution is -2.61. The second-order valence-corrected chi connectivity index (χ2v) is 8.46. The Morgan fingerprint density at radius 3 is 2.53 bits per heavy atom. The first kappa shape index (κ1) is 22.1. The zero-order valence-corrected chi connectivity index (χ0v) is 18.4. The van der Waals surface area contributed by atoms with Gasteiger partial charge in [0.25, 0.3) is 5.91 Å². The van der Waals surface area contributed by atoms with E-state index in [1.54, 1.807) is 6.07 Å². The fourth-order valence-corrected chi connectivity index (χ4v) is 4.43. The molecule has 2 heterocycles. The molecule has 0 saturated carbocycles. The smallest absolute Gasteiger partial charge is 0.399 e. The number of hydrogen-bond acceptors (Lipinski definition) is 7. The fraction of sp³-hybridized carbons (Fsp3) is 0.348. The SMILES string of the molecule is CN(CCc1ccccc1)C1CCN(C(=O)c2ccc(N)cc2Cl)C2(C1)OC(=O)C(=O)O2. The number of likely N-dealkylation sites (tertiary alicyclic amines) is 1. The molecule has 2 aliphatic heterocycles. The number of benzene rings is 2. The molecule has 2 N–H and O–H groups in total. The van der Waals surface area contributed by atoms with E-state index in [0.29, 0.717) is 12.1 Å². The van der Waals surface area contributed by atoms with E-state index in [-0.39, 0.29) is 29.6 Å². The lowest BCUT2D eigenvalue weighted by atomic mass is 9.98. The van der Waals surface area contributed by atoms with Gasteiger partial charge in [0.05, 0.1) is 17.0 Å². The number of ether oxygens (including phenoxy) is 2. The molecule has 1 spiro atoms. The molecule has 2 saturated heterocycles. The minimum Gasteiger partial charge on any atom is -0.399 e. The highest BCUT2D eigenvalue weighted by Gasteiger charge is 2.58. The van der Waals surface area contributed by atoms with Gasteiger partial charge in [-0.05, 0) is 43.7 Å². The summed E-state index contributed by atoms with van der Waals surface area (Å²) < 4.78 is 10.7. The molecule has 2 aromatic carbocycles. The van der Waals surface area contributed by atoms with Crippen molar-refractivity contribution in [1.29, 1.82) is 0 Å². The monoisotopic (exact) mass is 457 g/mol. The van der Waals surface area contributed by atoms with Gasteiger partial charge in [-0.15, -0.1) is 0 Å². The summed E-state index contributed by atoms with van der Waals surface area (Å²) in [6, 6.07) is 14.6. The molecule has 1 unspecified atom stereocenters. The Bertz CT molecular complexity index is 1030. The lowest BCUT2D eigenvalue weighted by molar-refractivity contribution is -0.255. The zero-order valence-electron chi connectivity index (χ0n) is 17.6. The van der Waals surface area contributed by atoms with Gasteiger partial charge in [-0.2, -0.15) is 0 Å². The van der Waals surface area contributed by atoms with E-state index >= 15 is 0 Å². The summed E-state index contributed by atoms with van der Waals surface area (Å²) in [5.74, 6) is -4.51. The quantitative estimate of drug-likeness (QED) is 0.418. The van der Waals surface area contributed by atoms with Crippen molar-refractivity contribution in [3.63, 3.8) is 0 Å². The summed E-state index contributed by atoms with van der Waals surface area (Å²) in [5.41, 5.74) is 7.54. The standard InChI is InChI=1S/C23H24ClN3O5/c1-26(11-9-15-5-3-2-4-6-15)17-10-12-27(23(14-17)31-21(29)22(30)32-23)20(28)18-8-7-16(25)13-19(18)24/h2-8,13,17H,9-12,14,25H2,1H3. The van der Waals surface area contributed by atoms with E-state index in [0.717, 1.165) is 13.0 Å². The largest absolute Gasteiger partial charge is 0.422 e. The van der Waals surface area contributed by atoms with Crippen LogP contribution >= 0.6 is 11.6 Å². The summed E-state index contributed by atoms with van der Waals surface area (Å²) in [6.45, 7) is 0.977. The number of likely N-dealkylation sites (N-methyl/N-ethyl adjacent to an activating group) is 1. The Kier molecular flexibility index (Phi) is 6.08. The third-order valence-corrected chi connectivity index (χ3v) is 6.26. The van der Waals surface area contributed by atoms with Crippen LogP contribution in [0.3, 0.4) is 0 Å². The highest BCUT2D eigenvalue weighted by atomic mass is 35.5. The van der Waals surface area contributed by atoms with Gasteiger partial charge in [0.1, 0.15) is 0 Å². The molecule has 8 nitrogen and oxygen atoms in total. The number of nitrogens with two attached hydrogens (primary N) is 1. The van der Waals surface area contributed by atoms with Crippen molar-refractivity contribution >= 4 is 35.1 Å². The number of esters is 2. The van der Waals surface area contributed by atoms with Crippen LogP contribution in [-0.4, -0.2) is 59.7 Å². The molecule has 4 rings (SSSR count). The second-order valence-electron chi connectivity index (χ2n) is 8.05. The van der Waals surface area contributed by atoms with Crippen LogP contribution in [0.5, 0.6) is 0 Å². The Morgan fingerprint density at radius 2 is 1.88 bits per heavy atom. The molecular formula is C23H24ClN3O5. The van der Waals surface area contributed by atoms with Crippen molar-refractivity contribution in [2.75, 3.05) is 25.9 Å². The molecule has 0 aromatic heterocycles. The maximum atomic E-state index is 13.3. The van der Waals surface area contributed by atoms with Gasteiger partial charge in [0.2, 0.25) is 0 Å². The average molecular weight is 458 g/mol. The lowest BCUT2D eigenvalue weighted by Gasteiger charge is -2.45. The molecule has 2 aliphatic rings. The van der Waals surface area contributed by atoms with E-state index < -0.39 is 23.8 Å². The third-order valence-electron chi connectivity index (χ3n) is 5.95. The number of anilines is 1. The number of carbonyl (C=O) groups excluding carboxylic acids is 3. The number of carbonyl (C=O) groups is 3. The molecule has 9 heteroatoms. The topological polar surface area (TPSA) is 102 Å². The molecule has 0 radical (unpaired) electrons. The van der Waals surface area contributed by atoms with Gasteiger partial charge in [-0.3, -0.25) is 9.69 Å². The number of piperidine rings is 1. The molecule has 2 aromatic rings. The fourth-order valence-electron chi connectivity index (χ4n) is 4.16. The van der Waals surface area contributed by atoms with Gasteiger partial charge in [-0.25, -0.2) is 9.59 Å². The number of nitrogen functional groups attached to an aromatic ring is 1. The Hall–Kier alpha value is -3.10. The van der Waals surface area contributed by atoms with Crippen molar-refractivity contribution in [1.82, 2.24) is 9.80 Å². The zero-order chi connectivity index (χ0) is 22.9. The van der Waals surface area contributed by atoms with Crippen molar-refractivity contribution < 1.29 is 23.9 Å². The summed E-state index contributed by atoms with van der Waals surface area (Å²) in [4.78, 5) is 40.6. The van der Waals surface area contributed by atoms with Crippen LogP contribution in [0.25, 0.3) is 0 Å². The average Bonchev–Trinajstić information content (AvgIpc) is 3.05. The van der Waals surface area contributed by atoms with Crippen molar-refractivity contribution in [2.45, 2.75) is 31.2 Å². The van der Waals surface area contributed by atoms with Crippen LogP contribution in [0.15, 0.2) is 48.5 Å². The van der Waals surface area contributed by atoms with Gasteiger partial charge in [0, 0.05) is 24.8 Å². The molecular weight excluding hydrogens is 434 g/mol. The Morgan fingerprint density at radius 1 is 1.19 bits per heavy atom. The first-order valence-corrected chi connectivity index (χ1v) is 10.7. The van der Waals surface area contributed by atoms with Crippen LogP contribution in [0.4, 0.5) is 5.69 Å². The minimum atomic E-state index is -1.79. The van der Waals surface area contributed by atoms with Gasteiger partial charge in [-0.1, -0.05) is 41.9 Å². The van der Waals surface area contributed by atoms with Crippen LogP contribution in [0.1, 0.15) is 28.8 Å². The highest BCUT2D eigenvalue weighted by molar-refractivity contribution is 6.34. The second kappa shape index (κ2) is 8.80. The minimum absolute atomic E-state index is 0.0663. The van der Waals surface area contributed by atoms with Crippen LogP contribution in [-0.2, 0) is 25.5 Å². The first-order valence-electron chi connectivity index (χ1n) is 10.4. The highest BCUT2D eigenvalue weighted by Crippen LogP contribution is 2.38. The van der Waals surface area contributed by atoms with Gasteiger partial charge >= 0.3 is 17.8 Å². The summed E-state index contributed by atoms with van der Waals surface area (Å²) in [6.07, 6.45) is 1.60. The maximum Gasteiger partial charge on any atom is 0.422 e. The van der Waals surface area contributed by atoms with E-state index in [1.807, 2.05) is 25.2 Å². The molecule has 0 aliphatic carbocycles. The normalized spacial score (nSPS) is 19.8. The summed E-state index contributed by atoms with van der Waals surface area (Å²) in [5, 5.41) is 0.169. The summed E-state index contributed by atoms with van der Waals surface area (Å²) >= 11 is 6.22. The van der Waals surface area contributed by atoms with Crippen molar-refractivity contribution in [3.8, 4) is 0 Å². The number of nitrogens with zero attached hydrogens (tertiary/aromatic N) is 2. The molecule has 32 heavy (non-hydrogen) atoms. The van der Waals surface area contributed by atoms with Gasteiger partial charge in [0.15, 0.2) is 0 Å². The molecule has 2 fully saturated rings. The number of hydrogen-bond donors (Lipinski definition) is 1. The van der Waals surface area contributed by atoms with Crippen LogP contribution in [0, 0.1) is 0 Å². The van der Waals surface area contributed by atoms with Crippen LogP contribution < -0.4 is 5.73 Å². The van der Waals surface area contributed by atoms with Crippen molar-refractivity contribution in [2.24, 2.45) is 0 Å². The van der Waals surface area contributed by atoms with E-state index in [1.165, 1.54) is 22.6 Å². The maximum absolute atomic E-state index is 13.3. The number of halogens is 1. The summed E-state index contributed by atoms with van der Waals surface area (Å²) in [7, 11) is 1.97. The van der Waals surface area contributed by atoms with Crippen LogP contribution in [0.2, 0.25) is 5.02 Å². The third kappa shape index (κ3) is 4.28. The van der Waals surface area contributed by atoms with E-state index in [9.17, 15) is 14.4 Å². The predicted molar refractivity (Wildman–Crippen MR) is 118 cm³/mol.